The van der Waals surface area contributed by atoms with Crippen molar-refractivity contribution in [3.63, 3.8) is 0 Å². The van der Waals surface area contributed by atoms with E-state index in [9.17, 15) is 10.1 Å². The Bertz CT molecular complexity index is 860. The molecule has 0 aliphatic carbocycles. The third-order valence-electron chi connectivity index (χ3n) is 3.18. The summed E-state index contributed by atoms with van der Waals surface area (Å²) in [4.78, 5) is 14.8. The molecule has 6 nitrogen and oxygen atoms in total. The number of nitro groups is 1. The second-order valence-corrected chi connectivity index (χ2v) is 5.21. The van der Waals surface area contributed by atoms with Gasteiger partial charge in [0.25, 0.3) is 5.69 Å². The summed E-state index contributed by atoms with van der Waals surface area (Å²) < 4.78 is 0. The first-order valence-electron chi connectivity index (χ1n) is 6.48. The largest absolute Gasteiger partial charge is 0.288 e. The summed E-state index contributed by atoms with van der Waals surface area (Å²) in [6.45, 7) is 1.99. The Morgan fingerprint density at radius 1 is 1.18 bits per heavy atom. The first kappa shape index (κ1) is 14.2. The predicted octanol–water partition coefficient (Wildman–Crippen LogP) is 4.01. The monoisotopic (exact) mass is 314 g/mol. The number of rotatable bonds is 3. The molecule has 1 N–H and O–H groups in total. The molecule has 1 aromatic heterocycles. The maximum Gasteiger partial charge on any atom is 0.288 e. The van der Waals surface area contributed by atoms with Gasteiger partial charge in [0.1, 0.15) is 5.02 Å². The summed E-state index contributed by atoms with van der Waals surface area (Å²) in [7, 11) is 0. The molecule has 0 bridgehead atoms. The Balaban J connectivity index is 2.01. The Morgan fingerprint density at radius 2 is 2.00 bits per heavy atom. The lowest BCUT2D eigenvalue weighted by atomic mass is 10.1. The summed E-state index contributed by atoms with van der Waals surface area (Å²) in [5, 5.41) is 18.0. The molecule has 0 unspecified atom stereocenters. The van der Waals surface area contributed by atoms with Crippen LogP contribution in [0.2, 0.25) is 5.02 Å². The van der Waals surface area contributed by atoms with Crippen molar-refractivity contribution in [3.8, 4) is 22.8 Å². The fraction of sp³-hybridized carbons (Fsp3) is 0.0667. The van der Waals surface area contributed by atoms with Crippen molar-refractivity contribution >= 4 is 17.3 Å². The van der Waals surface area contributed by atoms with Crippen molar-refractivity contribution in [1.29, 1.82) is 0 Å². The number of benzene rings is 2. The van der Waals surface area contributed by atoms with Gasteiger partial charge in [-0.2, -0.15) is 5.10 Å². The van der Waals surface area contributed by atoms with Crippen LogP contribution in [0.4, 0.5) is 5.69 Å². The van der Waals surface area contributed by atoms with Gasteiger partial charge in [-0.1, -0.05) is 35.4 Å². The lowest BCUT2D eigenvalue weighted by Gasteiger charge is -1.99. The molecule has 0 aliphatic rings. The molecule has 0 radical (unpaired) electrons. The number of aryl methyl sites for hydroxylation is 1. The Hall–Kier alpha value is -2.73. The van der Waals surface area contributed by atoms with Gasteiger partial charge in [-0.25, -0.2) is 4.98 Å². The number of halogens is 1. The number of nitro benzene ring substituents is 1. The quantitative estimate of drug-likeness (QED) is 0.584. The molecule has 0 atom stereocenters. The number of hydrogen-bond donors (Lipinski definition) is 1. The van der Waals surface area contributed by atoms with Crippen molar-refractivity contribution in [2.75, 3.05) is 0 Å². The van der Waals surface area contributed by atoms with E-state index in [0.29, 0.717) is 17.2 Å². The zero-order chi connectivity index (χ0) is 15.7. The van der Waals surface area contributed by atoms with Crippen LogP contribution in [0, 0.1) is 17.0 Å². The van der Waals surface area contributed by atoms with Crippen LogP contribution in [0.15, 0.2) is 42.5 Å². The van der Waals surface area contributed by atoms with E-state index >= 15 is 0 Å². The first-order valence-corrected chi connectivity index (χ1v) is 6.86. The van der Waals surface area contributed by atoms with Gasteiger partial charge in [0.15, 0.2) is 11.6 Å². The fourth-order valence-corrected chi connectivity index (χ4v) is 2.29. The van der Waals surface area contributed by atoms with Crippen LogP contribution in [0.1, 0.15) is 5.56 Å². The zero-order valence-electron chi connectivity index (χ0n) is 11.6. The van der Waals surface area contributed by atoms with Crippen LogP contribution in [0.5, 0.6) is 0 Å². The maximum absolute atomic E-state index is 10.9. The van der Waals surface area contributed by atoms with E-state index < -0.39 is 4.92 Å². The normalized spacial score (nSPS) is 10.6. The van der Waals surface area contributed by atoms with E-state index in [1.165, 1.54) is 12.1 Å². The topological polar surface area (TPSA) is 84.7 Å². The third kappa shape index (κ3) is 2.68. The van der Waals surface area contributed by atoms with Gasteiger partial charge in [-0.05, 0) is 25.1 Å². The Kier molecular flexibility index (Phi) is 3.60. The average molecular weight is 315 g/mol. The van der Waals surface area contributed by atoms with E-state index in [1.54, 1.807) is 6.07 Å². The van der Waals surface area contributed by atoms with E-state index in [4.69, 9.17) is 11.6 Å². The molecule has 0 amide bonds. The van der Waals surface area contributed by atoms with Crippen LogP contribution in [0.25, 0.3) is 22.8 Å². The molecule has 3 rings (SSSR count). The number of aromatic nitrogens is 3. The number of hydrogen-bond acceptors (Lipinski definition) is 4. The standard InChI is InChI=1S/C15H11ClN4O2/c1-9-3-2-4-10(7-9)14-17-15(19-18-14)11-5-6-12(16)13(8-11)20(21)22/h2-8H,1H3,(H,17,18,19). The zero-order valence-corrected chi connectivity index (χ0v) is 12.3. The second-order valence-electron chi connectivity index (χ2n) is 4.80. The third-order valence-corrected chi connectivity index (χ3v) is 3.50. The molecule has 0 saturated heterocycles. The number of H-pyrrole nitrogens is 1. The molecule has 3 aromatic rings. The molecule has 1 heterocycles. The van der Waals surface area contributed by atoms with Crippen molar-refractivity contribution in [3.05, 3.63) is 63.2 Å². The highest BCUT2D eigenvalue weighted by Gasteiger charge is 2.15. The number of nitrogens with zero attached hydrogens (tertiary/aromatic N) is 3. The molecule has 0 fully saturated rings. The summed E-state index contributed by atoms with van der Waals surface area (Å²) in [5.74, 6) is 0.993. The summed E-state index contributed by atoms with van der Waals surface area (Å²) >= 11 is 5.81. The van der Waals surface area contributed by atoms with Crippen molar-refractivity contribution in [2.24, 2.45) is 0 Å². The highest BCUT2D eigenvalue weighted by atomic mass is 35.5. The van der Waals surface area contributed by atoms with Gasteiger partial charge >= 0.3 is 0 Å². The molecule has 7 heteroatoms. The number of nitrogens with one attached hydrogen (secondary N) is 1. The lowest BCUT2D eigenvalue weighted by molar-refractivity contribution is -0.384. The number of aromatic amines is 1. The van der Waals surface area contributed by atoms with Crippen molar-refractivity contribution in [2.45, 2.75) is 6.92 Å². The van der Waals surface area contributed by atoms with Crippen molar-refractivity contribution in [1.82, 2.24) is 15.2 Å². The minimum Gasteiger partial charge on any atom is -0.259 e. The smallest absolute Gasteiger partial charge is 0.259 e. The van der Waals surface area contributed by atoms with Crippen LogP contribution in [-0.2, 0) is 0 Å². The van der Waals surface area contributed by atoms with E-state index in [1.807, 2.05) is 31.2 Å². The molecule has 110 valence electrons. The molecule has 22 heavy (non-hydrogen) atoms. The second kappa shape index (κ2) is 5.57. The van der Waals surface area contributed by atoms with Crippen LogP contribution < -0.4 is 0 Å². The lowest BCUT2D eigenvalue weighted by Crippen LogP contribution is -1.90. The van der Waals surface area contributed by atoms with E-state index in [0.717, 1.165) is 11.1 Å². The Morgan fingerprint density at radius 3 is 2.73 bits per heavy atom. The van der Waals surface area contributed by atoms with Crippen molar-refractivity contribution < 1.29 is 4.92 Å². The molecule has 0 spiro atoms. The molecule has 0 saturated carbocycles. The highest BCUT2D eigenvalue weighted by molar-refractivity contribution is 6.32. The van der Waals surface area contributed by atoms with Gasteiger partial charge in [0.05, 0.1) is 4.92 Å². The summed E-state index contributed by atoms with van der Waals surface area (Å²) in [6, 6.07) is 12.3. The molecular formula is C15H11ClN4O2. The molecular weight excluding hydrogens is 304 g/mol. The van der Waals surface area contributed by atoms with Gasteiger partial charge in [-0.15, -0.1) is 0 Å². The fourth-order valence-electron chi connectivity index (χ4n) is 2.10. The first-order chi connectivity index (χ1) is 10.5. The van der Waals surface area contributed by atoms with Gasteiger partial charge in [0.2, 0.25) is 0 Å². The Labute approximate surface area is 130 Å². The summed E-state index contributed by atoms with van der Waals surface area (Å²) in [6.07, 6.45) is 0. The van der Waals surface area contributed by atoms with Crippen LogP contribution >= 0.6 is 11.6 Å². The predicted molar refractivity (Wildman–Crippen MR) is 83.7 cm³/mol. The molecule has 0 aliphatic heterocycles. The van der Waals surface area contributed by atoms with E-state index in [-0.39, 0.29) is 10.7 Å². The van der Waals surface area contributed by atoms with Crippen LogP contribution in [0.3, 0.4) is 0 Å². The van der Waals surface area contributed by atoms with E-state index in [2.05, 4.69) is 15.2 Å². The highest BCUT2D eigenvalue weighted by Crippen LogP contribution is 2.29. The molecule has 2 aromatic carbocycles. The van der Waals surface area contributed by atoms with Crippen LogP contribution in [-0.4, -0.2) is 20.1 Å². The average Bonchev–Trinajstić information content (AvgIpc) is 2.97. The minimum absolute atomic E-state index is 0.0900. The van der Waals surface area contributed by atoms with Gasteiger partial charge < -0.3 is 0 Å². The summed E-state index contributed by atoms with van der Waals surface area (Å²) in [5.41, 5.74) is 2.38. The van der Waals surface area contributed by atoms with Gasteiger partial charge in [-0.3, -0.25) is 15.2 Å². The SMILES string of the molecule is Cc1cccc(-c2n[nH]c(-c3ccc(Cl)c([N+](=O)[O-])c3)n2)c1. The maximum atomic E-state index is 10.9. The van der Waals surface area contributed by atoms with Gasteiger partial charge in [0, 0.05) is 17.2 Å². The minimum atomic E-state index is -0.524.